The number of hydrogen-bond donors (Lipinski definition) is 2. The van der Waals surface area contributed by atoms with Gasteiger partial charge in [-0.15, -0.1) is 12.4 Å². The number of aryl methyl sites for hydroxylation is 1. The van der Waals surface area contributed by atoms with Crippen LogP contribution in [-0.2, 0) is 11.2 Å². The third-order valence-corrected chi connectivity index (χ3v) is 2.70. The predicted octanol–water partition coefficient (Wildman–Crippen LogP) is 1.57. The number of carbonyl (C=O) groups is 1. The van der Waals surface area contributed by atoms with Gasteiger partial charge in [0, 0.05) is 25.9 Å². The Hall–Kier alpha value is -1.59. The molecule has 0 fully saturated rings. The number of fused-ring (bicyclic) bond motifs is 1. The molecule has 19 heavy (non-hydrogen) atoms. The smallest absolute Gasteiger partial charge is 0.221 e. The quantitative estimate of drug-likeness (QED) is 0.873. The van der Waals surface area contributed by atoms with Crippen LogP contribution in [0.4, 0.5) is 0 Å². The summed E-state index contributed by atoms with van der Waals surface area (Å²) < 4.78 is 5.60. The van der Waals surface area contributed by atoms with Crippen LogP contribution in [0.1, 0.15) is 17.9 Å². The van der Waals surface area contributed by atoms with Crippen molar-refractivity contribution in [3.05, 3.63) is 29.7 Å². The fourth-order valence-electron chi connectivity index (χ4n) is 1.77. The molecule has 2 rings (SSSR count). The van der Waals surface area contributed by atoms with Gasteiger partial charge in [-0.05, 0) is 18.6 Å². The number of halogens is 1. The monoisotopic (exact) mass is 283 g/mol. The second-order valence-electron chi connectivity index (χ2n) is 4.17. The number of hydrogen-bond acceptors (Lipinski definition) is 4. The fourth-order valence-corrected chi connectivity index (χ4v) is 1.77. The SMILES string of the molecule is Cc1cccc2oc(CCNC(=O)CCN)nc12.Cl. The minimum absolute atomic E-state index is 0. The summed E-state index contributed by atoms with van der Waals surface area (Å²) in [5.74, 6) is 0.608. The van der Waals surface area contributed by atoms with E-state index in [1.165, 1.54) is 0 Å². The van der Waals surface area contributed by atoms with Crippen molar-refractivity contribution in [3.8, 4) is 0 Å². The summed E-state index contributed by atoms with van der Waals surface area (Å²) in [5, 5.41) is 2.77. The number of nitrogens with one attached hydrogen (secondary N) is 1. The number of oxazole rings is 1. The van der Waals surface area contributed by atoms with E-state index in [2.05, 4.69) is 10.3 Å². The third kappa shape index (κ3) is 3.94. The second kappa shape index (κ2) is 7.11. The van der Waals surface area contributed by atoms with Gasteiger partial charge in [0.25, 0.3) is 0 Å². The van der Waals surface area contributed by atoms with E-state index in [4.69, 9.17) is 10.2 Å². The second-order valence-corrected chi connectivity index (χ2v) is 4.17. The van der Waals surface area contributed by atoms with Crippen molar-refractivity contribution in [2.75, 3.05) is 13.1 Å². The lowest BCUT2D eigenvalue weighted by molar-refractivity contribution is -0.120. The Morgan fingerprint density at radius 2 is 2.26 bits per heavy atom. The third-order valence-electron chi connectivity index (χ3n) is 2.70. The molecule has 0 aliphatic rings. The molecule has 1 heterocycles. The maximum atomic E-state index is 11.2. The standard InChI is InChI=1S/C13H17N3O2.ClH/c1-9-3-2-4-10-13(9)16-12(18-10)6-8-15-11(17)5-7-14;/h2-4H,5-8,14H2,1H3,(H,15,17);1H. The Morgan fingerprint density at radius 3 is 2.95 bits per heavy atom. The molecule has 2 aromatic rings. The Balaban J connectivity index is 0.00000180. The molecule has 104 valence electrons. The number of benzene rings is 1. The Labute approximate surface area is 118 Å². The number of nitrogens with zero attached hydrogens (tertiary/aromatic N) is 1. The van der Waals surface area contributed by atoms with Crippen LogP contribution in [-0.4, -0.2) is 24.0 Å². The van der Waals surface area contributed by atoms with E-state index in [9.17, 15) is 4.79 Å². The first-order valence-corrected chi connectivity index (χ1v) is 6.02. The average molecular weight is 284 g/mol. The van der Waals surface area contributed by atoms with E-state index in [-0.39, 0.29) is 18.3 Å². The lowest BCUT2D eigenvalue weighted by atomic mass is 10.2. The molecule has 1 aromatic heterocycles. The van der Waals surface area contributed by atoms with Crippen LogP contribution in [0, 0.1) is 6.92 Å². The van der Waals surface area contributed by atoms with Gasteiger partial charge in [0.15, 0.2) is 11.5 Å². The zero-order valence-corrected chi connectivity index (χ0v) is 11.6. The van der Waals surface area contributed by atoms with E-state index in [0.717, 1.165) is 16.7 Å². The van der Waals surface area contributed by atoms with Gasteiger partial charge in [0.1, 0.15) is 5.52 Å². The number of carbonyl (C=O) groups excluding carboxylic acids is 1. The molecule has 0 aliphatic carbocycles. The Kier molecular flexibility index (Phi) is 5.79. The van der Waals surface area contributed by atoms with Crippen molar-refractivity contribution in [2.24, 2.45) is 5.73 Å². The van der Waals surface area contributed by atoms with Crippen LogP contribution in [0.25, 0.3) is 11.1 Å². The summed E-state index contributed by atoms with van der Waals surface area (Å²) in [6, 6.07) is 5.83. The Bertz CT molecular complexity index is 554. The maximum absolute atomic E-state index is 11.2. The number of rotatable bonds is 5. The van der Waals surface area contributed by atoms with Gasteiger partial charge in [-0.3, -0.25) is 4.79 Å². The van der Waals surface area contributed by atoms with Gasteiger partial charge in [0.05, 0.1) is 0 Å². The molecule has 0 aliphatic heterocycles. The largest absolute Gasteiger partial charge is 0.441 e. The Morgan fingerprint density at radius 1 is 1.47 bits per heavy atom. The van der Waals surface area contributed by atoms with Crippen LogP contribution in [0.3, 0.4) is 0 Å². The zero-order chi connectivity index (χ0) is 13.0. The van der Waals surface area contributed by atoms with Crippen LogP contribution < -0.4 is 11.1 Å². The molecule has 1 amide bonds. The van der Waals surface area contributed by atoms with Crippen molar-refractivity contribution in [1.29, 1.82) is 0 Å². The number of para-hydroxylation sites is 1. The number of aromatic nitrogens is 1. The van der Waals surface area contributed by atoms with Gasteiger partial charge >= 0.3 is 0 Å². The highest BCUT2D eigenvalue weighted by Gasteiger charge is 2.07. The van der Waals surface area contributed by atoms with Gasteiger partial charge < -0.3 is 15.5 Å². The molecule has 0 unspecified atom stereocenters. The van der Waals surface area contributed by atoms with Crippen molar-refractivity contribution in [1.82, 2.24) is 10.3 Å². The average Bonchev–Trinajstić information content (AvgIpc) is 2.74. The van der Waals surface area contributed by atoms with Crippen LogP contribution in [0.2, 0.25) is 0 Å². The van der Waals surface area contributed by atoms with E-state index < -0.39 is 0 Å². The highest BCUT2D eigenvalue weighted by Crippen LogP contribution is 2.18. The van der Waals surface area contributed by atoms with E-state index in [1.54, 1.807) is 0 Å². The normalized spacial score (nSPS) is 10.2. The first-order valence-electron chi connectivity index (χ1n) is 6.02. The summed E-state index contributed by atoms with van der Waals surface area (Å²) in [7, 11) is 0. The molecule has 0 atom stereocenters. The van der Waals surface area contributed by atoms with Crippen LogP contribution in [0.5, 0.6) is 0 Å². The van der Waals surface area contributed by atoms with E-state index >= 15 is 0 Å². The highest BCUT2D eigenvalue weighted by molar-refractivity contribution is 5.85. The summed E-state index contributed by atoms with van der Waals surface area (Å²) in [6.45, 7) is 2.89. The summed E-state index contributed by atoms with van der Waals surface area (Å²) >= 11 is 0. The maximum Gasteiger partial charge on any atom is 0.221 e. The van der Waals surface area contributed by atoms with Crippen molar-refractivity contribution in [3.63, 3.8) is 0 Å². The molecule has 0 spiro atoms. The van der Waals surface area contributed by atoms with Crippen LogP contribution in [0.15, 0.2) is 22.6 Å². The minimum Gasteiger partial charge on any atom is -0.441 e. The highest BCUT2D eigenvalue weighted by atomic mass is 35.5. The number of amides is 1. The lowest BCUT2D eigenvalue weighted by Crippen LogP contribution is -2.27. The lowest BCUT2D eigenvalue weighted by Gasteiger charge is -2.01. The molecule has 0 saturated carbocycles. The van der Waals surface area contributed by atoms with Crippen molar-refractivity contribution in [2.45, 2.75) is 19.8 Å². The molecule has 5 nitrogen and oxygen atoms in total. The van der Waals surface area contributed by atoms with Gasteiger partial charge in [-0.2, -0.15) is 0 Å². The molecule has 0 radical (unpaired) electrons. The summed E-state index contributed by atoms with van der Waals surface area (Å²) in [4.78, 5) is 15.6. The van der Waals surface area contributed by atoms with Crippen molar-refractivity contribution >= 4 is 29.4 Å². The number of nitrogens with two attached hydrogens (primary N) is 1. The molecule has 0 bridgehead atoms. The van der Waals surface area contributed by atoms with Gasteiger partial charge in [-0.25, -0.2) is 4.98 Å². The molecule has 6 heteroatoms. The molecule has 0 saturated heterocycles. The zero-order valence-electron chi connectivity index (χ0n) is 10.8. The van der Waals surface area contributed by atoms with E-state index in [0.29, 0.717) is 31.8 Å². The molecule has 3 N–H and O–H groups in total. The van der Waals surface area contributed by atoms with Crippen LogP contribution >= 0.6 is 12.4 Å². The van der Waals surface area contributed by atoms with Crippen molar-refractivity contribution < 1.29 is 9.21 Å². The topological polar surface area (TPSA) is 81.2 Å². The molecular formula is C13H18ClN3O2. The molecular weight excluding hydrogens is 266 g/mol. The van der Waals surface area contributed by atoms with Gasteiger partial charge in [-0.1, -0.05) is 12.1 Å². The van der Waals surface area contributed by atoms with E-state index in [1.807, 2.05) is 25.1 Å². The fraction of sp³-hybridized carbons (Fsp3) is 0.385. The summed E-state index contributed by atoms with van der Waals surface area (Å²) in [5.41, 5.74) is 8.06. The minimum atomic E-state index is -0.0372. The first kappa shape index (κ1) is 15.5. The predicted molar refractivity (Wildman–Crippen MR) is 76.4 cm³/mol. The first-order chi connectivity index (χ1) is 8.70. The summed E-state index contributed by atoms with van der Waals surface area (Å²) in [6.07, 6.45) is 0.942. The van der Waals surface area contributed by atoms with Gasteiger partial charge in [0.2, 0.25) is 5.91 Å². The molecule has 1 aromatic carbocycles.